The number of rotatable bonds is 1. The number of amides is 2. The summed E-state index contributed by atoms with van der Waals surface area (Å²) in [5, 5.41) is 2.89. The number of nitrogens with zero attached hydrogens (tertiary/aromatic N) is 2. The molecule has 3 rings (SSSR count). The van der Waals surface area contributed by atoms with Gasteiger partial charge in [-0.15, -0.1) is 0 Å². The van der Waals surface area contributed by atoms with Gasteiger partial charge in [-0.3, -0.25) is 9.69 Å². The van der Waals surface area contributed by atoms with Crippen LogP contribution in [0.3, 0.4) is 0 Å². The predicted molar refractivity (Wildman–Crippen MR) is 62.7 cm³/mol. The number of hydrogen-bond donors (Lipinski definition) is 1. The summed E-state index contributed by atoms with van der Waals surface area (Å²) >= 11 is 0. The van der Waals surface area contributed by atoms with Gasteiger partial charge in [0, 0.05) is 45.1 Å². The summed E-state index contributed by atoms with van der Waals surface area (Å²) < 4.78 is 0. The van der Waals surface area contributed by atoms with Gasteiger partial charge in [0.2, 0.25) is 0 Å². The monoisotopic (exact) mass is 237 g/mol. The molecule has 94 valence electrons. The smallest absolute Gasteiger partial charge is 0.317 e. The standard InChI is InChI=1S/C12H19N3O2/c16-11-3-1-2-9(6-11)14-4-5-15-10(8-14)7-13-12(15)17/h9-10H,1-8H2,(H,13,17). The van der Waals surface area contributed by atoms with E-state index in [0.29, 0.717) is 24.3 Å². The van der Waals surface area contributed by atoms with E-state index in [2.05, 4.69) is 10.2 Å². The fraction of sp³-hybridized carbons (Fsp3) is 0.833. The number of Topliss-reactive ketones (excluding diaryl/α,β-unsaturated/α-hetero) is 1. The normalized spacial score (nSPS) is 34.7. The summed E-state index contributed by atoms with van der Waals surface area (Å²) in [6.45, 7) is 3.41. The van der Waals surface area contributed by atoms with Crippen LogP contribution in [0.1, 0.15) is 25.7 Å². The molecule has 1 N–H and O–H groups in total. The Bertz CT molecular complexity index is 345. The second-order valence-electron chi connectivity index (χ2n) is 5.32. The summed E-state index contributed by atoms with van der Waals surface area (Å²) in [6, 6.07) is 0.816. The molecule has 2 saturated heterocycles. The minimum atomic E-state index is 0.0781. The largest absolute Gasteiger partial charge is 0.336 e. The summed E-state index contributed by atoms with van der Waals surface area (Å²) in [7, 11) is 0. The molecule has 1 saturated carbocycles. The molecular weight excluding hydrogens is 218 g/mol. The van der Waals surface area contributed by atoms with E-state index in [0.717, 1.165) is 45.4 Å². The minimum Gasteiger partial charge on any atom is -0.336 e. The van der Waals surface area contributed by atoms with Crippen LogP contribution in [0.4, 0.5) is 4.79 Å². The van der Waals surface area contributed by atoms with Crippen molar-refractivity contribution < 1.29 is 9.59 Å². The maximum Gasteiger partial charge on any atom is 0.317 e. The van der Waals surface area contributed by atoms with Crippen LogP contribution in [0.5, 0.6) is 0 Å². The van der Waals surface area contributed by atoms with Crippen LogP contribution >= 0.6 is 0 Å². The third-order valence-electron chi connectivity index (χ3n) is 4.24. The molecule has 0 spiro atoms. The van der Waals surface area contributed by atoms with E-state index in [9.17, 15) is 9.59 Å². The Morgan fingerprint density at radius 2 is 2.06 bits per heavy atom. The highest BCUT2D eigenvalue weighted by molar-refractivity contribution is 5.79. The zero-order chi connectivity index (χ0) is 11.8. The van der Waals surface area contributed by atoms with Gasteiger partial charge in [0.05, 0.1) is 6.04 Å². The number of piperazine rings is 1. The van der Waals surface area contributed by atoms with Crippen LogP contribution < -0.4 is 5.32 Å². The molecule has 17 heavy (non-hydrogen) atoms. The number of ketones is 1. The van der Waals surface area contributed by atoms with Crippen LogP contribution in [-0.4, -0.2) is 59.9 Å². The van der Waals surface area contributed by atoms with Crippen LogP contribution in [0.15, 0.2) is 0 Å². The molecule has 2 unspecified atom stereocenters. The number of carbonyl (C=O) groups is 2. The van der Waals surface area contributed by atoms with Gasteiger partial charge in [0.1, 0.15) is 5.78 Å². The Morgan fingerprint density at radius 3 is 2.88 bits per heavy atom. The lowest BCUT2D eigenvalue weighted by molar-refractivity contribution is -0.122. The molecule has 0 radical (unpaired) electrons. The minimum absolute atomic E-state index is 0.0781. The molecular formula is C12H19N3O2. The first-order valence-corrected chi connectivity index (χ1v) is 6.54. The van der Waals surface area contributed by atoms with Crippen molar-refractivity contribution in [3.05, 3.63) is 0 Å². The average molecular weight is 237 g/mol. The Morgan fingerprint density at radius 1 is 1.18 bits per heavy atom. The average Bonchev–Trinajstić information content (AvgIpc) is 2.71. The predicted octanol–water partition coefficient (Wildman–Crippen LogP) is 0.208. The van der Waals surface area contributed by atoms with Gasteiger partial charge >= 0.3 is 6.03 Å². The molecule has 5 heteroatoms. The van der Waals surface area contributed by atoms with E-state index in [1.54, 1.807) is 0 Å². The molecule has 2 atom stereocenters. The van der Waals surface area contributed by atoms with Crippen LogP contribution in [0, 0.1) is 0 Å². The fourth-order valence-electron chi connectivity index (χ4n) is 3.27. The van der Waals surface area contributed by atoms with Crippen molar-refractivity contribution >= 4 is 11.8 Å². The summed E-state index contributed by atoms with van der Waals surface area (Å²) in [5.74, 6) is 0.407. The zero-order valence-corrected chi connectivity index (χ0v) is 10.0. The molecule has 1 aliphatic carbocycles. The molecule has 3 fully saturated rings. The van der Waals surface area contributed by atoms with Crippen LogP contribution in [0.2, 0.25) is 0 Å². The van der Waals surface area contributed by atoms with E-state index >= 15 is 0 Å². The molecule has 0 aromatic heterocycles. The Balaban J connectivity index is 1.62. The zero-order valence-electron chi connectivity index (χ0n) is 10.0. The van der Waals surface area contributed by atoms with E-state index < -0.39 is 0 Å². The van der Waals surface area contributed by atoms with Gasteiger partial charge in [0.25, 0.3) is 0 Å². The highest BCUT2D eigenvalue weighted by Crippen LogP contribution is 2.24. The van der Waals surface area contributed by atoms with Crippen molar-refractivity contribution in [3.8, 4) is 0 Å². The van der Waals surface area contributed by atoms with E-state index in [1.165, 1.54) is 0 Å². The Hall–Kier alpha value is -1.10. The topological polar surface area (TPSA) is 52.7 Å². The fourth-order valence-corrected chi connectivity index (χ4v) is 3.27. The van der Waals surface area contributed by atoms with E-state index in [1.807, 2.05) is 4.90 Å². The molecule has 2 amide bonds. The lowest BCUT2D eigenvalue weighted by Gasteiger charge is -2.41. The summed E-state index contributed by atoms with van der Waals surface area (Å²) in [6.07, 6.45) is 3.65. The maximum atomic E-state index is 11.5. The van der Waals surface area contributed by atoms with Gasteiger partial charge in [-0.1, -0.05) is 0 Å². The summed E-state index contributed by atoms with van der Waals surface area (Å²) in [5.41, 5.74) is 0. The molecule has 0 bridgehead atoms. The lowest BCUT2D eigenvalue weighted by atomic mass is 9.92. The Labute approximate surface area is 101 Å². The van der Waals surface area contributed by atoms with Gasteiger partial charge in [0.15, 0.2) is 0 Å². The second kappa shape index (κ2) is 4.29. The number of carbonyl (C=O) groups excluding carboxylic acids is 2. The van der Waals surface area contributed by atoms with Crippen LogP contribution in [0.25, 0.3) is 0 Å². The second-order valence-corrected chi connectivity index (χ2v) is 5.32. The van der Waals surface area contributed by atoms with Crippen LogP contribution in [-0.2, 0) is 4.79 Å². The highest BCUT2D eigenvalue weighted by atomic mass is 16.2. The SMILES string of the molecule is O=C1CCCC(N2CCN3C(=O)NCC3C2)C1. The quantitative estimate of drug-likeness (QED) is 0.709. The first-order valence-electron chi connectivity index (χ1n) is 6.54. The van der Waals surface area contributed by atoms with Gasteiger partial charge in [-0.25, -0.2) is 4.79 Å². The Kier molecular flexibility index (Phi) is 2.78. The number of urea groups is 1. The number of nitrogens with one attached hydrogen (secondary N) is 1. The maximum absolute atomic E-state index is 11.5. The number of hydrogen-bond acceptors (Lipinski definition) is 3. The summed E-state index contributed by atoms with van der Waals surface area (Å²) in [4.78, 5) is 27.3. The van der Waals surface area contributed by atoms with Gasteiger partial charge < -0.3 is 10.2 Å². The van der Waals surface area contributed by atoms with Gasteiger partial charge in [-0.05, 0) is 12.8 Å². The van der Waals surface area contributed by atoms with Crippen molar-refractivity contribution in [1.29, 1.82) is 0 Å². The first-order chi connectivity index (χ1) is 8.24. The van der Waals surface area contributed by atoms with Crippen molar-refractivity contribution in [2.75, 3.05) is 26.2 Å². The van der Waals surface area contributed by atoms with Crippen molar-refractivity contribution in [1.82, 2.24) is 15.1 Å². The molecule has 5 nitrogen and oxygen atoms in total. The molecule has 2 aliphatic heterocycles. The third kappa shape index (κ3) is 2.04. The van der Waals surface area contributed by atoms with Gasteiger partial charge in [-0.2, -0.15) is 0 Å². The highest BCUT2D eigenvalue weighted by Gasteiger charge is 2.38. The first kappa shape index (κ1) is 11.0. The molecule has 0 aromatic carbocycles. The van der Waals surface area contributed by atoms with E-state index in [-0.39, 0.29) is 6.03 Å². The molecule has 2 heterocycles. The number of fused-ring (bicyclic) bond motifs is 1. The molecule has 0 aromatic rings. The lowest BCUT2D eigenvalue weighted by Crippen LogP contribution is -2.55. The molecule has 3 aliphatic rings. The van der Waals surface area contributed by atoms with Crippen molar-refractivity contribution in [3.63, 3.8) is 0 Å². The van der Waals surface area contributed by atoms with Crippen molar-refractivity contribution in [2.24, 2.45) is 0 Å². The van der Waals surface area contributed by atoms with Crippen molar-refractivity contribution in [2.45, 2.75) is 37.8 Å². The van der Waals surface area contributed by atoms with E-state index in [4.69, 9.17) is 0 Å². The third-order valence-corrected chi connectivity index (χ3v) is 4.24.